The average Bonchev–Trinajstić information content (AvgIpc) is 3.16. The van der Waals surface area contributed by atoms with Gasteiger partial charge in [0.1, 0.15) is 5.78 Å². The Bertz CT molecular complexity index is 572. The maximum absolute atomic E-state index is 13.2. The summed E-state index contributed by atoms with van der Waals surface area (Å²) in [5.74, 6) is 1.16. The van der Waals surface area contributed by atoms with Gasteiger partial charge < -0.3 is 9.47 Å². The van der Waals surface area contributed by atoms with Crippen molar-refractivity contribution >= 4 is 11.8 Å². The second-order valence-corrected chi connectivity index (χ2v) is 8.82. The molecule has 0 bridgehead atoms. The molecule has 4 saturated carbocycles. The standard InChI is InChI=1S/C19H28O4/c1-17-10-15(20)18(2)14-8-12(22-3)7-11(14)9-19(17,18)6-5-13(17)16(21)23-4/h11-14H,5-10H2,1-4H3/t11-,12-,13+,14-,17+,18-,19+/m1/s1. The van der Waals surface area contributed by atoms with E-state index >= 15 is 0 Å². The molecule has 4 fully saturated rings. The molecule has 0 aromatic rings. The van der Waals surface area contributed by atoms with E-state index in [1.165, 1.54) is 7.11 Å². The lowest BCUT2D eigenvalue weighted by Crippen LogP contribution is -2.45. The van der Waals surface area contributed by atoms with Crippen molar-refractivity contribution in [3.8, 4) is 0 Å². The van der Waals surface area contributed by atoms with Crippen LogP contribution in [0.5, 0.6) is 0 Å². The second kappa shape index (κ2) is 4.59. The van der Waals surface area contributed by atoms with E-state index in [1.807, 2.05) is 0 Å². The largest absolute Gasteiger partial charge is 0.469 e. The van der Waals surface area contributed by atoms with Crippen LogP contribution in [0.3, 0.4) is 0 Å². The normalized spacial score (nSPS) is 54.0. The first-order chi connectivity index (χ1) is 10.8. The van der Waals surface area contributed by atoms with E-state index < -0.39 is 0 Å². The highest BCUT2D eigenvalue weighted by Gasteiger charge is 2.79. The molecule has 0 aromatic carbocycles. The summed E-state index contributed by atoms with van der Waals surface area (Å²) in [7, 11) is 3.26. The minimum Gasteiger partial charge on any atom is -0.469 e. The SMILES string of the molecule is COC(=O)[C@@H]1CC[C@@]23C[C@H]4C[C@@H](OC)C[C@H]4[C@]2(C)C(=O)C[C@@]13C. The minimum atomic E-state index is -0.275. The van der Waals surface area contributed by atoms with Crippen LogP contribution >= 0.6 is 0 Å². The molecule has 4 rings (SSSR count). The lowest BCUT2D eigenvalue weighted by atomic mass is 9.57. The molecule has 0 unspecified atom stereocenters. The Morgan fingerprint density at radius 2 is 1.96 bits per heavy atom. The number of hydrogen-bond donors (Lipinski definition) is 0. The van der Waals surface area contributed by atoms with Gasteiger partial charge in [-0.2, -0.15) is 0 Å². The van der Waals surface area contributed by atoms with E-state index in [0.29, 0.717) is 30.1 Å². The number of Topliss-reactive ketones (excluding diaryl/α,β-unsaturated/α-hetero) is 1. The molecule has 23 heavy (non-hydrogen) atoms. The maximum Gasteiger partial charge on any atom is 0.309 e. The fourth-order valence-corrected chi connectivity index (χ4v) is 7.53. The van der Waals surface area contributed by atoms with E-state index in [1.54, 1.807) is 7.11 Å². The van der Waals surface area contributed by atoms with Gasteiger partial charge in [-0.25, -0.2) is 0 Å². The molecule has 7 atom stereocenters. The lowest BCUT2D eigenvalue weighted by molar-refractivity contribution is -0.151. The number of esters is 1. The van der Waals surface area contributed by atoms with Crippen LogP contribution in [0.1, 0.15) is 52.4 Å². The molecule has 0 N–H and O–H groups in total. The predicted octanol–water partition coefficient (Wildman–Crippen LogP) is 2.99. The van der Waals surface area contributed by atoms with Crippen molar-refractivity contribution in [1.82, 2.24) is 0 Å². The maximum atomic E-state index is 13.2. The number of methoxy groups -OCH3 is 2. The smallest absolute Gasteiger partial charge is 0.309 e. The molecule has 0 aliphatic heterocycles. The zero-order valence-electron chi connectivity index (χ0n) is 14.7. The molecule has 4 aliphatic rings. The zero-order valence-corrected chi connectivity index (χ0v) is 14.7. The van der Waals surface area contributed by atoms with Gasteiger partial charge in [0.05, 0.1) is 19.1 Å². The van der Waals surface area contributed by atoms with Gasteiger partial charge in [0, 0.05) is 18.9 Å². The second-order valence-electron chi connectivity index (χ2n) is 8.82. The predicted molar refractivity (Wildman–Crippen MR) is 84.6 cm³/mol. The van der Waals surface area contributed by atoms with Gasteiger partial charge in [0.15, 0.2) is 0 Å². The number of ether oxygens (including phenoxy) is 2. The number of rotatable bonds is 2. The molecule has 128 valence electrons. The van der Waals surface area contributed by atoms with Crippen LogP contribution in [-0.2, 0) is 19.1 Å². The fourth-order valence-electron chi connectivity index (χ4n) is 7.53. The summed E-state index contributed by atoms with van der Waals surface area (Å²) in [6.45, 7) is 4.41. The average molecular weight is 320 g/mol. The van der Waals surface area contributed by atoms with Crippen LogP contribution in [0.25, 0.3) is 0 Å². The van der Waals surface area contributed by atoms with E-state index in [2.05, 4.69) is 13.8 Å². The first-order valence-corrected chi connectivity index (χ1v) is 8.98. The third-order valence-electron chi connectivity index (χ3n) is 8.65. The van der Waals surface area contributed by atoms with Gasteiger partial charge in [-0.05, 0) is 54.8 Å². The number of carbonyl (C=O) groups is 2. The molecule has 4 nitrogen and oxygen atoms in total. The summed E-state index contributed by atoms with van der Waals surface area (Å²) >= 11 is 0. The highest BCUT2D eigenvalue weighted by molar-refractivity contribution is 5.92. The summed E-state index contributed by atoms with van der Waals surface area (Å²) in [4.78, 5) is 25.5. The highest BCUT2D eigenvalue weighted by atomic mass is 16.5. The Kier molecular flexibility index (Phi) is 3.12. The third-order valence-corrected chi connectivity index (χ3v) is 8.65. The highest BCUT2D eigenvalue weighted by Crippen LogP contribution is 2.80. The molecule has 4 aliphatic carbocycles. The van der Waals surface area contributed by atoms with Gasteiger partial charge in [0.2, 0.25) is 0 Å². The fraction of sp³-hybridized carbons (Fsp3) is 0.895. The molecule has 0 aromatic heterocycles. The van der Waals surface area contributed by atoms with Crippen LogP contribution in [0, 0.1) is 34.0 Å². The van der Waals surface area contributed by atoms with E-state index in [0.717, 1.165) is 32.1 Å². The molecule has 0 amide bonds. The Morgan fingerprint density at radius 3 is 2.61 bits per heavy atom. The topological polar surface area (TPSA) is 52.6 Å². The quantitative estimate of drug-likeness (QED) is 0.734. The zero-order chi connectivity index (χ0) is 16.6. The molecule has 0 saturated heterocycles. The van der Waals surface area contributed by atoms with Crippen molar-refractivity contribution in [1.29, 1.82) is 0 Å². The van der Waals surface area contributed by atoms with Crippen LogP contribution < -0.4 is 0 Å². The van der Waals surface area contributed by atoms with Crippen LogP contribution in [-0.4, -0.2) is 32.1 Å². The molecule has 0 radical (unpaired) electrons. The van der Waals surface area contributed by atoms with Crippen molar-refractivity contribution in [2.75, 3.05) is 14.2 Å². The summed E-state index contributed by atoms with van der Waals surface area (Å²) in [6.07, 6.45) is 5.88. The van der Waals surface area contributed by atoms with Crippen molar-refractivity contribution < 1.29 is 19.1 Å². The minimum absolute atomic E-state index is 0.00994. The summed E-state index contributed by atoms with van der Waals surface area (Å²) in [6, 6.07) is 0. The summed E-state index contributed by atoms with van der Waals surface area (Å²) in [5.41, 5.74) is -0.509. The van der Waals surface area contributed by atoms with E-state index in [-0.39, 0.29) is 28.1 Å². The molecular formula is C19H28O4. The van der Waals surface area contributed by atoms with E-state index in [4.69, 9.17) is 9.47 Å². The molecule has 0 heterocycles. The van der Waals surface area contributed by atoms with Crippen molar-refractivity contribution in [2.45, 2.75) is 58.5 Å². The summed E-state index contributed by atoms with van der Waals surface area (Å²) in [5, 5.41) is 0. The number of fused-ring (bicyclic) bond motifs is 2. The lowest BCUT2D eigenvalue weighted by Gasteiger charge is -2.45. The van der Waals surface area contributed by atoms with Gasteiger partial charge in [-0.1, -0.05) is 13.8 Å². The van der Waals surface area contributed by atoms with Crippen molar-refractivity contribution in [3.05, 3.63) is 0 Å². The first kappa shape index (κ1) is 15.6. The van der Waals surface area contributed by atoms with Crippen LogP contribution in [0.15, 0.2) is 0 Å². The van der Waals surface area contributed by atoms with Gasteiger partial charge in [-0.15, -0.1) is 0 Å². The van der Waals surface area contributed by atoms with Crippen molar-refractivity contribution in [2.24, 2.45) is 34.0 Å². The Hall–Kier alpha value is -0.900. The van der Waals surface area contributed by atoms with Crippen LogP contribution in [0.4, 0.5) is 0 Å². The number of carbonyl (C=O) groups excluding carboxylic acids is 2. The Balaban J connectivity index is 1.77. The van der Waals surface area contributed by atoms with Gasteiger partial charge in [-0.3, -0.25) is 9.59 Å². The summed E-state index contributed by atoms with van der Waals surface area (Å²) < 4.78 is 10.7. The number of ketones is 1. The Morgan fingerprint density at radius 1 is 1.22 bits per heavy atom. The molecular weight excluding hydrogens is 292 g/mol. The van der Waals surface area contributed by atoms with Crippen LogP contribution in [0.2, 0.25) is 0 Å². The van der Waals surface area contributed by atoms with Crippen molar-refractivity contribution in [3.63, 3.8) is 0 Å². The third kappa shape index (κ3) is 1.52. The Labute approximate surface area is 138 Å². The monoisotopic (exact) mass is 320 g/mol. The van der Waals surface area contributed by atoms with E-state index in [9.17, 15) is 9.59 Å². The van der Waals surface area contributed by atoms with Gasteiger partial charge in [0.25, 0.3) is 0 Å². The molecule has 1 spiro atoms. The molecule has 4 heteroatoms. The first-order valence-electron chi connectivity index (χ1n) is 8.98. The number of hydrogen-bond acceptors (Lipinski definition) is 4. The van der Waals surface area contributed by atoms with Gasteiger partial charge >= 0.3 is 5.97 Å².